The van der Waals surface area contributed by atoms with Crippen molar-refractivity contribution in [2.75, 3.05) is 19.0 Å². The molecule has 2 heterocycles. The van der Waals surface area contributed by atoms with E-state index in [0.717, 1.165) is 60.5 Å². The Morgan fingerprint density at radius 2 is 2.00 bits per heavy atom. The summed E-state index contributed by atoms with van der Waals surface area (Å²) >= 11 is 6.30. The molecular weight excluding hydrogens is 415 g/mol. The lowest BCUT2D eigenvalue weighted by Crippen LogP contribution is -2.10. The van der Waals surface area contributed by atoms with Crippen LogP contribution in [0.2, 0.25) is 5.02 Å². The summed E-state index contributed by atoms with van der Waals surface area (Å²) in [5.41, 5.74) is 2.31. The van der Waals surface area contributed by atoms with Crippen molar-refractivity contribution < 1.29 is 17.9 Å². The second-order valence-electron chi connectivity index (χ2n) is 7.26. The number of halogens is 4. The highest BCUT2D eigenvalue weighted by molar-refractivity contribution is 6.32. The highest BCUT2D eigenvalue weighted by atomic mass is 35.5. The number of methoxy groups -OCH3 is 1. The number of ether oxygens (including phenoxy) is 1. The Balaban J connectivity index is 1.82. The number of rotatable bonds is 4. The van der Waals surface area contributed by atoms with Crippen LogP contribution in [0.1, 0.15) is 35.2 Å². The SMILES string of the molecule is COc1cccc(Cc2nn(-c3cc(C(F)(F)F)ccc3Cl)c3c2CCCCN3)c1. The molecule has 4 nitrogen and oxygen atoms in total. The normalized spacial score (nSPS) is 14.0. The summed E-state index contributed by atoms with van der Waals surface area (Å²) in [6.45, 7) is 0.730. The van der Waals surface area contributed by atoms with Crippen molar-refractivity contribution in [3.05, 3.63) is 69.9 Å². The standard InChI is InChI=1S/C22H21ClF3N3O/c1-30-16-6-4-5-14(11-16)12-19-17-7-2-3-10-27-21(17)29(28-19)20-13-15(22(24,25)26)8-9-18(20)23/h4-6,8-9,11,13,27H,2-3,7,10,12H2,1H3. The number of anilines is 1. The molecule has 30 heavy (non-hydrogen) atoms. The molecule has 0 amide bonds. The first-order valence-electron chi connectivity index (χ1n) is 9.71. The lowest BCUT2D eigenvalue weighted by Gasteiger charge is -2.13. The largest absolute Gasteiger partial charge is 0.497 e. The molecule has 0 atom stereocenters. The second-order valence-corrected chi connectivity index (χ2v) is 7.67. The third-order valence-electron chi connectivity index (χ3n) is 5.22. The molecule has 0 bridgehead atoms. The molecule has 4 rings (SSSR count). The number of aromatic nitrogens is 2. The molecule has 2 aromatic carbocycles. The number of nitrogens with one attached hydrogen (secondary N) is 1. The summed E-state index contributed by atoms with van der Waals surface area (Å²) < 4.78 is 46.7. The maximum absolute atomic E-state index is 13.3. The topological polar surface area (TPSA) is 39.1 Å². The van der Waals surface area contributed by atoms with Crippen molar-refractivity contribution in [2.45, 2.75) is 31.9 Å². The summed E-state index contributed by atoms with van der Waals surface area (Å²) in [6.07, 6.45) is -1.15. The fourth-order valence-corrected chi connectivity index (χ4v) is 3.91. The van der Waals surface area contributed by atoms with Crippen LogP contribution < -0.4 is 10.1 Å². The van der Waals surface area contributed by atoms with E-state index >= 15 is 0 Å². The minimum Gasteiger partial charge on any atom is -0.497 e. The van der Waals surface area contributed by atoms with Gasteiger partial charge in [0.05, 0.1) is 29.1 Å². The molecule has 0 unspecified atom stereocenters. The predicted octanol–water partition coefficient (Wildman–Crippen LogP) is 5.89. The van der Waals surface area contributed by atoms with Gasteiger partial charge < -0.3 is 10.1 Å². The maximum Gasteiger partial charge on any atom is 0.416 e. The van der Waals surface area contributed by atoms with Crippen molar-refractivity contribution in [3.63, 3.8) is 0 Å². The van der Waals surface area contributed by atoms with Gasteiger partial charge >= 0.3 is 6.18 Å². The van der Waals surface area contributed by atoms with E-state index < -0.39 is 11.7 Å². The fraction of sp³-hybridized carbons (Fsp3) is 0.318. The molecule has 0 aliphatic carbocycles. The van der Waals surface area contributed by atoms with Crippen molar-refractivity contribution in [3.8, 4) is 11.4 Å². The van der Waals surface area contributed by atoms with Crippen LogP contribution in [0, 0.1) is 0 Å². The fourth-order valence-electron chi connectivity index (χ4n) is 3.72. The molecule has 8 heteroatoms. The summed E-state index contributed by atoms with van der Waals surface area (Å²) in [5.74, 6) is 1.46. The maximum atomic E-state index is 13.3. The Kier molecular flexibility index (Phi) is 5.64. The lowest BCUT2D eigenvalue weighted by molar-refractivity contribution is -0.137. The Hall–Kier alpha value is -2.67. The number of nitrogens with zero attached hydrogens (tertiary/aromatic N) is 2. The summed E-state index contributed by atoms with van der Waals surface area (Å²) in [4.78, 5) is 0. The van der Waals surface area contributed by atoms with Crippen LogP contribution in [0.3, 0.4) is 0 Å². The zero-order valence-corrected chi connectivity index (χ0v) is 17.1. The zero-order chi connectivity index (χ0) is 21.3. The Bertz CT molecular complexity index is 1060. The van der Waals surface area contributed by atoms with Crippen LogP contribution in [0.4, 0.5) is 19.0 Å². The first-order valence-corrected chi connectivity index (χ1v) is 10.1. The molecule has 0 spiro atoms. The van der Waals surface area contributed by atoms with Crippen LogP contribution in [0.15, 0.2) is 42.5 Å². The first kappa shape index (κ1) is 20.6. The van der Waals surface area contributed by atoms with Crippen LogP contribution >= 0.6 is 11.6 Å². The average molecular weight is 436 g/mol. The van der Waals surface area contributed by atoms with E-state index in [1.807, 2.05) is 24.3 Å². The Morgan fingerprint density at radius 3 is 2.77 bits per heavy atom. The van der Waals surface area contributed by atoms with Crippen molar-refractivity contribution in [1.82, 2.24) is 9.78 Å². The van der Waals surface area contributed by atoms with Gasteiger partial charge in [-0.2, -0.15) is 18.3 Å². The molecule has 1 aliphatic heterocycles. The number of hydrogen-bond donors (Lipinski definition) is 1. The monoisotopic (exact) mass is 435 g/mol. The molecule has 1 N–H and O–H groups in total. The predicted molar refractivity (Wildman–Crippen MR) is 111 cm³/mol. The smallest absolute Gasteiger partial charge is 0.416 e. The van der Waals surface area contributed by atoms with E-state index in [9.17, 15) is 13.2 Å². The van der Waals surface area contributed by atoms with Crippen LogP contribution in [-0.2, 0) is 19.0 Å². The minimum atomic E-state index is -4.46. The third kappa shape index (κ3) is 4.12. The molecule has 0 fully saturated rings. The summed E-state index contributed by atoms with van der Waals surface area (Å²) in [7, 11) is 1.61. The van der Waals surface area contributed by atoms with E-state index in [1.54, 1.807) is 7.11 Å². The van der Waals surface area contributed by atoms with Gasteiger partial charge in [-0.05, 0) is 55.2 Å². The average Bonchev–Trinajstić information content (AvgIpc) is 2.89. The van der Waals surface area contributed by atoms with Gasteiger partial charge in [0.25, 0.3) is 0 Å². The van der Waals surface area contributed by atoms with E-state index in [1.165, 1.54) is 10.7 Å². The number of fused-ring (bicyclic) bond motifs is 1. The first-order chi connectivity index (χ1) is 14.4. The minimum absolute atomic E-state index is 0.215. The van der Waals surface area contributed by atoms with E-state index in [-0.39, 0.29) is 10.7 Å². The van der Waals surface area contributed by atoms with Gasteiger partial charge in [-0.15, -0.1) is 0 Å². The van der Waals surface area contributed by atoms with Crippen LogP contribution in [0.5, 0.6) is 5.75 Å². The molecule has 1 aromatic heterocycles. The van der Waals surface area contributed by atoms with Gasteiger partial charge in [0.1, 0.15) is 11.6 Å². The van der Waals surface area contributed by atoms with E-state index in [4.69, 9.17) is 21.4 Å². The molecule has 158 valence electrons. The molecule has 3 aromatic rings. The van der Waals surface area contributed by atoms with E-state index in [0.29, 0.717) is 12.2 Å². The molecule has 0 radical (unpaired) electrons. The van der Waals surface area contributed by atoms with Gasteiger partial charge in [0.15, 0.2) is 0 Å². The number of benzene rings is 2. The Morgan fingerprint density at radius 1 is 1.17 bits per heavy atom. The lowest BCUT2D eigenvalue weighted by atomic mass is 10.0. The molecule has 0 saturated heterocycles. The van der Waals surface area contributed by atoms with Crippen molar-refractivity contribution in [2.24, 2.45) is 0 Å². The second kappa shape index (κ2) is 8.22. The third-order valence-corrected chi connectivity index (χ3v) is 5.54. The van der Waals surface area contributed by atoms with Crippen molar-refractivity contribution >= 4 is 17.4 Å². The van der Waals surface area contributed by atoms with Gasteiger partial charge in [-0.3, -0.25) is 0 Å². The Labute approximate surface area is 177 Å². The van der Waals surface area contributed by atoms with Gasteiger partial charge in [0.2, 0.25) is 0 Å². The zero-order valence-electron chi connectivity index (χ0n) is 16.4. The van der Waals surface area contributed by atoms with Gasteiger partial charge in [0, 0.05) is 18.5 Å². The molecule has 1 aliphatic rings. The van der Waals surface area contributed by atoms with Gasteiger partial charge in [-0.25, -0.2) is 4.68 Å². The summed E-state index contributed by atoms with van der Waals surface area (Å²) in [5, 5.41) is 8.26. The quantitative estimate of drug-likeness (QED) is 0.555. The van der Waals surface area contributed by atoms with E-state index in [2.05, 4.69) is 5.32 Å². The summed E-state index contributed by atoms with van der Waals surface area (Å²) in [6, 6.07) is 11.0. The highest BCUT2D eigenvalue weighted by Crippen LogP contribution is 2.36. The number of hydrogen-bond acceptors (Lipinski definition) is 3. The van der Waals surface area contributed by atoms with Gasteiger partial charge in [-0.1, -0.05) is 23.7 Å². The molecular formula is C22H21ClF3N3O. The van der Waals surface area contributed by atoms with Crippen LogP contribution in [0.25, 0.3) is 5.69 Å². The van der Waals surface area contributed by atoms with Crippen LogP contribution in [-0.4, -0.2) is 23.4 Å². The highest BCUT2D eigenvalue weighted by Gasteiger charge is 2.32. The molecule has 0 saturated carbocycles. The van der Waals surface area contributed by atoms with Crippen molar-refractivity contribution in [1.29, 1.82) is 0 Å². The number of alkyl halides is 3.